The SMILES string of the molecule is O=C(O[C@@H](Cc1c(Cl)c[nH+]cc1Cl)c1ccc(OC(F)F)c(OCC2CC2)c1)C1SCCN1S(=O)(=O)c1cccc(F)c1.[OH-]. The molecule has 0 bridgehead atoms. The highest BCUT2D eigenvalue weighted by molar-refractivity contribution is 8.02. The van der Waals surface area contributed by atoms with Crippen molar-refractivity contribution < 1.29 is 51.1 Å². The molecule has 44 heavy (non-hydrogen) atoms. The van der Waals surface area contributed by atoms with E-state index in [0.717, 1.165) is 41.0 Å². The molecule has 1 aliphatic carbocycles. The van der Waals surface area contributed by atoms with E-state index in [1.807, 2.05) is 0 Å². The molecular formula is C28H27Cl2F3N2O7S2. The summed E-state index contributed by atoms with van der Waals surface area (Å²) in [4.78, 5) is 16.1. The topological polar surface area (TPSA) is 126 Å². The fourth-order valence-electron chi connectivity index (χ4n) is 4.46. The van der Waals surface area contributed by atoms with Crippen molar-refractivity contribution in [3.63, 3.8) is 0 Å². The van der Waals surface area contributed by atoms with Crippen molar-refractivity contribution in [3.8, 4) is 11.5 Å². The molecule has 0 amide bonds. The first kappa shape index (κ1) is 34.1. The maximum Gasteiger partial charge on any atom is 0.387 e. The van der Waals surface area contributed by atoms with E-state index in [0.29, 0.717) is 29.4 Å². The number of rotatable bonds is 12. The van der Waals surface area contributed by atoms with Crippen LogP contribution in [-0.4, -0.2) is 55.1 Å². The number of carbonyl (C=O) groups is 1. The lowest BCUT2D eigenvalue weighted by atomic mass is 10.0. The Morgan fingerprint density at radius 3 is 2.48 bits per heavy atom. The number of aromatic amines is 1. The van der Waals surface area contributed by atoms with Gasteiger partial charge in [-0.25, -0.2) is 22.6 Å². The van der Waals surface area contributed by atoms with Crippen molar-refractivity contribution in [2.24, 2.45) is 5.92 Å². The van der Waals surface area contributed by atoms with E-state index < -0.39 is 39.9 Å². The molecular weight excluding hydrogens is 668 g/mol. The van der Waals surface area contributed by atoms with Gasteiger partial charge in [0.2, 0.25) is 10.0 Å². The molecule has 2 aliphatic rings. The van der Waals surface area contributed by atoms with E-state index in [-0.39, 0.29) is 44.9 Å². The molecule has 2 fully saturated rings. The van der Waals surface area contributed by atoms with Gasteiger partial charge in [-0.1, -0.05) is 35.3 Å². The Hall–Kier alpha value is -2.75. The molecule has 1 aromatic heterocycles. The number of alkyl halides is 2. The van der Waals surface area contributed by atoms with Gasteiger partial charge in [0.05, 0.1) is 11.5 Å². The molecule has 1 saturated heterocycles. The van der Waals surface area contributed by atoms with Gasteiger partial charge in [0.25, 0.3) is 0 Å². The highest BCUT2D eigenvalue weighted by Crippen LogP contribution is 2.39. The Morgan fingerprint density at radius 2 is 1.82 bits per heavy atom. The highest BCUT2D eigenvalue weighted by Gasteiger charge is 2.42. The maximum atomic E-state index is 13.8. The van der Waals surface area contributed by atoms with Crippen LogP contribution >= 0.6 is 35.0 Å². The van der Waals surface area contributed by atoms with Crippen LogP contribution < -0.4 is 14.5 Å². The lowest BCUT2D eigenvalue weighted by molar-refractivity contribution is -0.377. The van der Waals surface area contributed by atoms with Crippen LogP contribution in [0.2, 0.25) is 10.0 Å². The summed E-state index contributed by atoms with van der Waals surface area (Å²) in [5.74, 6) is -1.16. The number of aromatic nitrogens is 1. The van der Waals surface area contributed by atoms with Gasteiger partial charge in [0.1, 0.15) is 22.0 Å². The van der Waals surface area contributed by atoms with Gasteiger partial charge >= 0.3 is 12.6 Å². The van der Waals surface area contributed by atoms with Gasteiger partial charge in [0, 0.05) is 24.3 Å². The van der Waals surface area contributed by atoms with Gasteiger partial charge < -0.3 is 19.7 Å². The van der Waals surface area contributed by atoms with Gasteiger partial charge in [-0.15, -0.1) is 11.8 Å². The molecule has 3 aromatic rings. The molecule has 2 atom stereocenters. The third-order valence-electron chi connectivity index (χ3n) is 6.82. The van der Waals surface area contributed by atoms with Crippen LogP contribution in [0.1, 0.15) is 30.1 Å². The average molecular weight is 696 g/mol. The Kier molecular flexibility index (Phi) is 11.3. The molecule has 0 radical (unpaired) electrons. The smallest absolute Gasteiger partial charge is 0.387 e. The Balaban J connectivity index is 0.00000442. The Labute approximate surface area is 265 Å². The molecule has 1 aliphatic heterocycles. The van der Waals surface area contributed by atoms with E-state index in [4.69, 9.17) is 32.7 Å². The van der Waals surface area contributed by atoms with Crippen LogP contribution in [0.25, 0.3) is 0 Å². The molecule has 0 spiro atoms. The zero-order valence-corrected chi connectivity index (χ0v) is 25.9. The first-order chi connectivity index (χ1) is 20.5. The molecule has 238 valence electrons. The number of thioether (sulfide) groups is 1. The minimum Gasteiger partial charge on any atom is -0.870 e. The second kappa shape index (κ2) is 14.6. The Morgan fingerprint density at radius 1 is 1.09 bits per heavy atom. The van der Waals surface area contributed by atoms with Crippen LogP contribution in [0.5, 0.6) is 11.5 Å². The number of ether oxygens (including phenoxy) is 3. The summed E-state index contributed by atoms with van der Waals surface area (Å²) < 4.78 is 84.1. The van der Waals surface area contributed by atoms with E-state index in [1.165, 1.54) is 42.7 Å². The number of esters is 1. The van der Waals surface area contributed by atoms with Crippen molar-refractivity contribution in [2.75, 3.05) is 18.9 Å². The third kappa shape index (κ3) is 8.09. The first-order valence-electron chi connectivity index (χ1n) is 13.2. The number of hydrogen-bond donors (Lipinski definition) is 0. The van der Waals surface area contributed by atoms with Crippen molar-refractivity contribution in [2.45, 2.75) is 42.2 Å². The number of nitrogens with one attached hydrogen (secondary N) is 1. The van der Waals surface area contributed by atoms with E-state index in [1.54, 1.807) is 0 Å². The molecule has 2 N–H and O–H groups in total. The van der Waals surface area contributed by atoms with E-state index in [2.05, 4.69) is 9.72 Å². The number of nitrogens with zero attached hydrogens (tertiary/aromatic N) is 1. The molecule has 2 heterocycles. The summed E-state index contributed by atoms with van der Waals surface area (Å²) in [5.41, 5.74) is 0.778. The normalized spacial score (nSPS) is 17.6. The first-order valence-corrected chi connectivity index (χ1v) is 16.4. The number of benzene rings is 2. The predicted molar refractivity (Wildman–Crippen MR) is 155 cm³/mol. The van der Waals surface area contributed by atoms with Crippen LogP contribution in [0, 0.1) is 11.7 Å². The molecule has 5 rings (SSSR count). The van der Waals surface area contributed by atoms with Crippen LogP contribution in [-0.2, 0) is 26.0 Å². The molecule has 2 aromatic carbocycles. The lowest BCUT2D eigenvalue weighted by Crippen LogP contribution is -2.40. The number of carbonyl (C=O) groups excluding carboxylic acids is 1. The summed E-state index contributed by atoms with van der Waals surface area (Å²) in [5, 5.41) is -0.762. The summed E-state index contributed by atoms with van der Waals surface area (Å²) in [6, 6.07) is 8.69. The zero-order chi connectivity index (χ0) is 30.7. The minimum atomic E-state index is -4.24. The average Bonchev–Trinajstić information content (AvgIpc) is 3.65. The predicted octanol–water partition coefficient (Wildman–Crippen LogP) is 5.75. The van der Waals surface area contributed by atoms with E-state index >= 15 is 0 Å². The number of sulfonamides is 1. The number of pyridine rings is 1. The van der Waals surface area contributed by atoms with Crippen molar-refractivity contribution in [1.29, 1.82) is 0 Å². The molecule has 9 nitrogen and oxygen atoms in total. The molecule has 16 heteroatoms. The van der Waals surface area contributed by atoms with Crippen LogP contribution in [0.4, 0.5) is 13.2 Å². The number of halogens is 5. The van der Waals surface area contributed by atoms with Gasteiger partial charge in [0.15, 0.2) is 29.3 Å². The number of hydrogen-bond acceptors (Lipinski definition) is 8. The summed E-state index contributed by atoms with van der Waals surface area (Å²) in [7, 11) is -4.24. The van der Waals surface area contributed by atoms with Gasteiger partial charge in [-0.05, 0) is 54.7 Å². The highest BCUT2D eigenvalue weighted by atomic mass is 35.5. The fraction of sp³-hybridized carbons (Fsp3) is 0.357. The second-order valence-electron chi connectivity index (χ2n) is 9.89. The minimum absolute atomic E-state index is 0. The standard InChI is InChI=1S/C28H25Cl2F3N2O6S2.H2O/c29-21-13-34-14-22(30)20(21)12-24(17-6-7-23(41-28(32)33)25(10-17)39-15-16-4-5-16)40-27(36)26-35(8-9-42-26)43(37,38)19-3-1-2-18(31)11-19;/h1-3,6-7,10-11,13-14,16,24,26,28H,4-5,8-9,12,15H2;1H2/t24-,26?;/m0./s1. The second-order valence-corrected chi connectivity index (χ2v) is 13.8. The van der Waals surface area contributed by atoms with Crippen LogP contribution in [0.15, 0.2) is 59.8 Å². The number of H-pyrrole nitrogens is 1. The van der Waals surface area contributed by atoms with Gasteiger partial charge in [-0.2, -0.15) is 13.1 Å². The van der Waals surface area contributed by atoms with Crippen LogP contribution in [0.3, 0.4) is 0 Å². The van der Waals surface area contributed by atoms with Crippen molar-refractivity contribution >= 4 is 51.0 Å². The summed E-state index contributed by atoms with van der Waals surface area (Å²) >= 11 is 13.8. The largest absolute Gasteiger partial charge is 0.870 e. The van der Waals surface area contributed by atoms with Crippen molar-refractivity contribution in [1.82, 2.24) is 4.31 Å². The quantitative estimate of drug-likeness (QED) is 0.220. The molecule has 1 saturated carbocycles. The third-order valence-corrected chi connectivity index (χ3v) is 10.7. The zero-order valence-electron chi connectivity index (χ0n) is 22.8. The Bertz CT molecular complexity index is 1580. The lowest BCUT2D eigenvalue weighted by Gasteiger charge is -2.26. The van der Waals surface area contributed by atoms with E-state index in [9.17, 15) is 26.4 Å². The molecule has 1 unspecified atom stereocenters. The van der Waals surface area contributed by atoms with Gasteiger partial charge in [-0.3, -0.25) is 0 Å². The summed E-state index contributed by atoms with van der Waals surface area (Å²) in [6.45, 7) is -2.80. The fourth-order valence-corrected chi connectivity index (χ4v) is 8.07. The maximum absolute atomic E-state index is 13.8. The van der Waals surface area contributed by atoms with Crippen molar-refractivity contribution in [3.05, 3.63) is 81.8 Å². The summed E-state index contributed by atoms with van der Waals surface area (Å²) in [6.07, 6.45) is 3.77. The monoisotopic (exact) mass is 694 g/mol.